The fourth-order valence-electron chi connectivity index (χ4n) is 2.85. The van der Waals surface area contributed by atoms with Crippen molar-refractivity contribution in [1.29, 1.82) is 0 Å². The Morgan fingerprint density at radius 2 is 1.77 bits per heavy atom. The first-order valence-electron chi connectivity index (χ1n) is 8.46. The summed E-state index contributed by atoms with van der Waals surface area (Å²) in [5.74, 6) is 0. The third-order valence-electron chi connectivity index (χ3n) is 5.24. The van der Waals surface area contributed by atoms with Gasteiger partial charge >= 0.3 is 0 Å². The molecule has 0 saturated heterocycles. The molecule has 0 heterocycles. The molecule has 0 unspecified atom stereocenters. The van der Waals surface area contributed by atoms with Gasteiger partial charge < -0.3 is 5.11 Å². The van der Waals surface area contributed by atoms with Crippen LogP contribution >= 0.6 is 0 Å². The van der Waals surface area contributed by atoms with Gasteiger partial charge in [0.2, 0.25) is 0 Å². The van der Waals surface area contributed by atoms with E-state index in [0.717, 1.165) is 0 Å². The summed E-state index contributed by atoms with van der Waals surface area (Å²) >= 11 is 0. The van der Waals surface area contributed by atoms with Crippen molar-refractivity contribution in [3.05, 3.63) is 34.4 Å². The van der Waals surface area contributed by atoms with E-state index in [1.807, 2.05) is 13.8 Å². The molecule has 22 heavy (non-hydrogen) atoms. The number of hydrogen-bond donors (Lipinski definition) is 2. The number of rotatable bonds is 5. The van der Waals surface area contributed by atoms with Gasteiger partial charge in [-0.15, -0.1) is 0 Å². The predicted octanol–water partition coefficient (Wildman–Crippen LogP) is 3.83. The van der Waals surface area contributed by atoms with Gasteiger partial charge in [-0.1, -0.05) is 18.6 Å². The van der Waals surface area contributed by atoms with E-state index in [2.05, 4.69) is 24.5 Å². The standard InChI is InChI=1S/C19H31NO2/c1-14-16(13-20-22-19(4,5)18(2,3)21)12-11-15-9-7-6-8-10-17(14)15/h11-12,20-21H,6-10,13H2,1-5H3. The highest BCUT2D eigenvalue weighted by Gasteiger charge is 2.36. The molecule has 3 heteroatoms. The van der Waals surface area contributed by atoms with E-state index in [0.29, 0.717) is 6.54 Å². The minimum atomic E-state index is -0.900. The average Bonchev–Trinajstić information content (AvgIpc) is 2.66. The number of nitrogens with one attached hydrogen (secondary N) is 1. The lowest BCUT2D eigenvalue weighted by molar-refractivity contribution is -0.184. The molecule has 0 spiro atoms. The van der Waals surface area contributed by atoms with Crippen molar-refractivity contribution in [3.63, 3.8) is 0 Å². The third-order valence-corrected chi connectivity index (χ3v) is 5.24. The lowest BCUT2D eigenvalue weighted by Crippen LogP contribution is -2.50. The van der Waals surface area contributed by atoms with Crippen molar-refractivity contribution in [2.24, 2.45) is 0 Å². The van der Waals surface area contributed by atoms with Gasteiger partial charge in [0.25, 0.3) is 0 Å². The van der Waals surface area contributed by atoms with Crippen LogP contribution in [-0.4, -0.2) is 16.3 Å². The number of fused-ring (bicyclic) bond motifs is 1. The summed E-state index contributed by atoms with van der Waals surface area (Å²) in [5, 5.41) is 10.1. The van der Waals surface area contributed by atoms with E-state index >= 15 is 0 Å². The molecule has 0 bridgehead atoms. The highest BCUT2D eigenvalue weighted by atomic mass is 16.7. The molecule has 0 atom stereocenters. The van der Waals surface area contributed by atoms with Crippen LogP contribution in [0.25, 0.3) is 0 Å². The molecule has 0 aliphatic heterocycles. The van der Waals surface area contributed by atoms with Crippen LogP contribution in [0.5, 0.6) is 0 Å². The molecule has 1 aliphatic rings. The van der Waals surface area contributed by atoms with Crippen LogP contribution < -0.4 is 5.48 Å². The van der Waals surface area contributed by atoms with Crippen LogP contribution in [0.4, 0.5) is 0 Å². The molecule has 0 aromatic heterocycles. The monoisotopic (exact) mass is 305 g/mol. The van der Waals surface area contributed by atoms with Gasteiger partial charge in [0.15, 0.2) is 0 Å². The number of hydrogen-bond acceptors (Lipinski definition) is 3. The topological polar surface area (TPSA) is 41.5 Å². The number of benzene rings is 1. The molecule has 1 aromatic rings. The Balaban J connectivity index is 2.04. The Hall–Kier alpha value is -0.900. The molecule has 2 rings (SSSR count). The summed E-state index contributed by atoms with van der Waals surface area (Å²) in [6.07, 6.45) is 6.36. The van der Waals surface area contributed by atoms with Gasteiger partial charge in [-0.3, -0.25) is 4.84 Å². The van der Waals surface area contributed by atoms with Crippen LogP contribution in [0.15, 0.2) is 12.1 Å². The zero-order valence-corrected chi connectivity index (χ0v) is 14.8. The molecule has 0 radical (unpaired) electrons. The average molecular weight is 305 g/mol. The largest absolute Gasteiger partial charge is 0.387 e. The van der Waals surface area contributed by atoms with Crippen molar-refractivity contribution in [3.8, 4) is 0 Å². The fraction of sp³-hybridized carbons (Fsp3) is 0.684. The normalized spacial score (nSPS) is 16.3. The zero-order valence-electron chi connectivity index (χ0n) is 14.8. The molecule has 0 amide bonds. The molecule has 0 fully saturated rings. The summed E-state index contributed by atoms with van der Waals surface area (Å²) in [4.78, 5) is 5.72. The molecule has 124 valence electrons. The maximum Gasteiger partial charge on any atom is 0.112 e. The quantitative estimate of drug-likeness (QED) is 0.641. The van der Waals surface area contributed by atoms with Crippen LogP contribution in [0.3, 0.4) is 0 Å². The first-order valence-corrected chi connectivity index (χ1v) is 8.46. The van der Waals surface area contributed by atoms with Crippen LogP contribution in [0.2, 0.25) is 0 Å². The molecule has 0 saturated carbocycles. The molecular formula is C19H31NO2. The van der Waals surface area contributed by atoms with E-state index < -0.39 is 11.2 Å². The van der Waals surface area contributed by atoms with Crippen LogP contribution in [0.1, 0.15) is 69.2 Å². The maximum atomic E-state index is 10.1. The van der Waals surface area contributed by atoms with E-state index in [-0.39, 0.29) is 0 Å². The molecule has 2 N–H and O–H groups in total. The summed E-state index contributed by atoms with van der Waals surface area (Å²) in [6.45, 7) is 10.2. The molecule has 1 aliphatic carbocycles. The summed E-state index contributed by atoms with van der Waals surface area (Å²) in [6, 6.07) is 4.50. The minimum absolute atomic E-state index is 0.646. The van der Waals surface area contributed by atoms with Gasteiger partial charge in [0.1, 0.15) is 5.60 Å². The van der Waals surface area contributed by atoms with Gasteiger partial charge in [0.05, 0.1) is 5.60 Å². The summed E-state index contributed by atoms with van der Waals surface area (Å²) in [5.41, 5.74) is 7.25. The highest BCUT2D eigenvalue weighted by Crippen LogP contribution is 2.27. The second kappa shape index (κ2) is 6.69. The zero-order chi connectivity index (χ0) is 16.4. The van der Waals surface area contributed by atoms with Crippen molar-refractivity contribution >= 4 is 0 Å². The Morgan fingerprint density at radius 1 is 1.09 bits per heavy atom. The van der Waals surface area contributed by atoms with Crippen molar-refractivity contribution < 1.29 is 9.94 Å². The van der Waals surface area contributed by atoms with Gasteiger partial charge in [-0.25, -0.2) is 0 Å². The Bertz CT molecular complexity index is 515. The fourth-order valence-corrected chi connectivity index (χ4v) is 2.85. The first kappa shape index (κ1) is 17.5. The van der Waals surface area contributed by atoms with Gasteiger partial charge in [0, 0.05) is 6.54 Å². The predicted molar refractivity (Wildman–Crippen MR) is 90.7 cm³/mol. The van der Waals surface area contributed by atoms with Crippen LogP contribution in [0, 0.1) is 6.92 Å². The lowest BCUT2D eigenvalue weighted by Gasteiger charge is -2.36. The Labute approximate surface area is 135 Å². The van der Waals surface area contributed by atoms with E-state index in [1.54, 1.807) is 19.4 Å². The first-order chi connectivity index (χ1) is 10.2. The number of aryl methyl sites for hydroxylation is 1. The Morgan fingerprint density at radius 3 is 2.45 bits per heavy atom. The Kier molecular flexibility index (Phi) is 5.31. The second-order valence-corrected chi connectivity index (χ2v) is 7.54. The van der Waals surface area contributed by atoms with E-state index in [9.17, 15) is 5.11 Å². The lowest BCUT2D eigenvalue weighted by atomic mass is 9.90. The number of aliphatic hydroxyl groups is 1. The van der Waals surface area contributed by atoms with E-state index in [1.165, 1.54) is 48.8 Å². The highest BCUT2D eigenvalue weighted by molar-refractivity contribution is 5.41. The van der Waals surface area contributed by atoms with Crippen molar-refractivity contribution in [2.45, 2.75) is 84.5 Å². The SMILES string of the molecule is Cc1c(CNOC(C)(C)C(C)(C)O)ccc2c1CCCCC2. The molecular weight excluding hydrogens is 274 g/mol. The van der Waals surface area contributed by atoms with Gasteiger partial charge in [-0.05, 0) is 82.6 Å². The smallest absolute Gasteiger partial charge is 0.112 e. The van der Waals surface area contributed by atoms with Crippen molar-refractivity contribution in [1.82, 2.24) is 5.48 Å². The van der Waals surface area contributed by atoms with E-state index in [4.69, 9.17) is 4.84 Å². The van der Waals surface area contributed by atoms with Crippen molar-refractivity contribution in [2.75, 3.05) is 0 Å². The maximum absolute atomic E-state index is 10.1. The summed E-state index contributed by atoms with van der Waals surface area (Å²) < 4.78 is 0. The number of hydroxylamine groups is 1. The van der Waals surface area contributed by atoms with Crippen LogP contribution in [-0.2, 0) is 24.2 Å². The third kappa shape index (κ3) is 3.89. The molecule has 1 aromatic carbocycles. The minimum Gasteiger partial charge on any atom is -0.387 e. The second-order valence-electron chi connectivity index (χ2n) is 7.54. The molecule has 3 nitrogen and oxygen atoms in total. The van der Waals surface area contributed by atoms with Gasteiger partial charge in [-0.2, -0.15) is 5.48 Å². The summed E-state index contributed by atoms with van der Waals surface area (Å²) in [7, 11) is 0.